The van der Waals surface area contributed by atoms with Crippen molar-refractivity contribution in [3.05, 3.63) is 130 Å². The third-order valence-electron chi connectivity index (χ3n) is 14.6. The number of amides is 2. The molecule has 3 aliphatic heterocycles. The number of thiazole rings is 1. The number of alkyl halides is 1. The van der Waals surface area contributed by atoms with Gasteiger partial charge in [0.05, 0.1) is 27.3 Å². The number of H-pyrrole nitrogens is 1. The first-order chi connectivity index (χ1) is 37.0. The minimum absolute atomic E-state index is 0.00475. The second-order valence-electron chi connectivity index (χ2n) is 20.3. The Morgan fingerprint density at radius 3 is 2.39 bits per heavy atom. The number of pyridine rings is 1. The monoisotopic (exact) mass is 1090 g/mol. The summed E-state index contributed by atoms with van der Waals surface area (Å²) in [6, 6.07) is 20.4. The smallest absolute Gasteiger partial charge is 0.301 e. The Kier molecular flexibility index (Phi) is 15.5. The van der Waals surface area contributed by atoms with Gasteiger partial charge in [-0.05, 0) is 83.8 Å². The average Bonchev–Trinajstić information content (AvgIpc) is 4.32. The van der Waals surface area contributed by atoms with Crippen molar-refractivity contribution in [2.75, 3.05) is 68.6 Å². The number of ether oxygens (including phenoxy) is 1. The predicted octanol–water partition coefficient (Wildman–Crippen LogP) is 8.35. The molecule has 10 rings (SSSR count). The number of nitrogens with zero attached hydrogens (tertiary/aromatic N) is 7. The van der Waals surface area contributed by atoms with E-state index in [0.717, 1.165) is 75.6 Å². The molecule has 2 amide bonds. The quantitative estimate of drug-likeness (QED) is 0.0696. The third-order valence-corrected chi connectivity index (χ3v) is 17.1. The Hall–Kier alpha value is -7.14. The zero-order valence-electron chi connectivity index (χ0n) is 43.0. The van der Waals surface area contributed by atoms with Gasteiger partial charge in [0.25, 0.3) is 5.88 Å². The lowest BCUT2D eigenvalue weighted by atomic mass is 9.91. The summed E-state index contributed by atoms with van der Waals surface area (Å²) in [5.74, 6) is -3.91. The molecule has 0 radical (unpaired) electrons. The molecule has 0 spiro atoms. The Balaban J connectivity index is 0.706. The molecule has 7 heterocycles. The fourth-order valence-corrected chi connectivity index (χ4v) is 12.5. The van der Waals surface area contributed by atoms with Crippen LogP contribution in [0.15, 0.2) is 95.2 Å². The number of halogens is 3. The molecule has 3 aromatic carbocycles. The van der Waals surface area contributed by atoms with Crippen LogP contribution >= 0.6 is 11.3 Å². The van der Waals surface area contributed by atoms with E-state index in [2.05, 4.69) is 42.1 Å². The normalized spacial score (nSPS) is 18.8. The maximum Gasteiger partial charge on any atom is 0.301 e. The molecule has 0 bridgehead atoms. The highest BCUT2D eigenvalue weighted by Gasteiger charge is 2.43. The van der Waals surface area contributed by atoms with Crippen LogP contribution in [0, 0.1) is 30.4 Å². The van der Waals surface area contributed by atoms with Crippen LogP contribution in [0.1, 0.15) is 72.5 Å². The number of hydrogen-bond acceptors (Lipinski definition) is 13. The number of carbonyl (C=O) groups excluding carboxylic acids is 3. The summed E-state index contributed by atoms with van der Waals surface area (Å²) in [5, 5.41) is 7.55. The van der Waals surface area contributed by atoms with Gasteiger partial charge in [0.2, 0.25) is 17.6 Å². The molecule has 7 aromatic rings. The number of anilines is 2. The topological polar surface area (TPSA) is 199 Å². The van der Waals surface area contributed by atoms with Gasteiger partial charge in [-0.3, -0.25) is 24.0 Å². The third kappa shape index (κ3) is 11.5. The second-order valence-corrected chi connectivity index (χ2v) is 22.9. The minimum atomic E-state index is -4.37. The molecule has 3 saturated heterocycles. The van der Waals surface area contributed by atoms with Crippen LogP contribution in [0.5, 0.6) is 5.88 Å². The molecule has 77 heavy (non-hydrogen) atoms. The molecule has 17 nitrogen and oxygen atoms in total. The van der Waals surface area contributed by atoms with Crippen LogP contribution in [0.4, 0.5) is 24.5 Å². The van der Waals surface area contributed by atoms with Gasteiger partial charge in [0, 0.05) is 99.6 Å². The second kappa shape index (κ2) is 22.4. The van der Waals surface area contributed by atoms with Crippen LogP contribution in [-0.4, -0.2) is 131 Å². The number of aromatic nitrogens is 4. The van der Waals surface area contributed by atoms with Gasteiger partial charge < -0.3 is 29.4 Å². The van der Waals surface area contributed by atoms with Gasteiger partial charge in [-0.15, -0.1) is 11.3 Å². The van der Waals surface area contributed by atoms with E-state index < -0.39 is 63.6 Å². The Morgan fingerprint density at radius 1 is 0.935 bits per heavy atom. The van der Waals surface area contributed by atoms with Gasteiger partial charge in [-0.2, -0.15) is 12.7 Å². The summed E-state index contributed by atoms with van der Waals surface area (Å²) in [6.45, 7) is 12.3. The summed E-state index contributed by atoms with van der Waals surface area (Å²) < 4.78 is 85.1. The molecule has 404 valence electrons. The highest BCUT2D eigenvalue weighted by Crippen LogP contribution is 2.35. The summed E-state index contributed by atoms with van der Waals surface area (Å²) in [4.78, 5) is 60.8. The van der Waals surface area contributed by atoms with Crippen molar-refractivity contribution in [2.24, 2.45) is 11.8 Å². The molecular weight excluding hydrogens is 1030 g/mol. The molecule has 4 aromatic heterocycles. The van der Waals surface area contributed by atoms with Crippen molar-refractivity contribution in [3.63, 3.8) is 0 Å². The van der Waals surface area contributed by atoms with Crippen molar-refractivity contribution in [3.8, 4) is 27.4 Å². The van der Waals surface area contributed by atoms with Gasteiger partial charge >= 0.3 is 10.2 Å². The maximum atomic E-state index is 15.8. The number of ketones is 1. The Bertz CT molecular complexity index is 3400. The van der Waals surface area contributed by atoms with E-state index in [-0.39, 0.29) is 42.2 Å². The molecule has 4 atom stereocenters. The molecule has 22 heteroatoms. The van der Waals surface area contributed by atoms with Crippen LogP contribution in [0.3, 0.4) is 0 Å². The SMILES string of the molecule is Cc1ncsc1-c1ccc(CNC(=O)[C@@H]2C[C@@H](C)CN2C(=O)[C@@H](c2cc(OCCN3CCN(c4ccc(-c5cnc6[nH]cc(C(=O)c7c(F)ccc(NS(=O)(=O)N8CC[C@@H](F)C8)c7F)c6c5)cc4)CC3)no2)C(C)C)cc1. The standard InChI is InChI=1S/C55H59F3N10O7S2/c1-32(2)48(55(71)68-29-33(3)23-45(68)54(70)61-26-35-5-7-37(8-6-35)52-34(4)62-31-76-52)46-25-47(63-75-46)74-22-21-65-17-19-66(20-18-65)40-11-9-36(10-12-40)38-24-41-42(28-60-53(41)59-27-38)51(69)49-43(57)13-14-44(50(49)58)64-77(72,73)67-16-15-39(56)30-67/h5-14,24-25,27-28,31-33,39,45,48,64H,15-23,26,29-30H2,1-4H3,(H,59,60)(H,61,70)/t33-,39-,45+,48-/m1/s1. The zero-order chi connectivity index (χ0) is 54.1. The fourth-order valence-electron chi connectivity index (χ4n) is 10.4. The molecule has 0 saturated carbocycles. The minimum Gasteiger partial charge on any atom is -0.474 e. The molecular formula is C55H59F3N10O7S2. The number of nitrogens with one attached hydrogen (secondary N) is 3. The predicted molar refractivity (Wildman–Crippen MR) is 287 cm³/mol. The molecule has 0 aliphatic carbocycles. The number of aromatic amines is 1. The number of benzene rings is 3. The van der Waals surface area contributed by atoms with Crippen LogP contribution in [0.25, 0.3) is 32.6 Å². The summed E-state index contributed by atoms with van der Waals surface area (Å²) >= 11 is 1.59. The number of hydrogen-bond donors (Lipinski definition) is 3. The van der Waals surface area contributed by atoms with Crippen molar-refractivity contribution >= 4 is 61.6 Å². The first kappa shape index (κ1) is 53.3. The van der Waals surface area contributed by atoms with Gasteiger partial charge in [0.1, 0.15) is 36.2 Å². The Labute approximate surface area is 448 Å². The highest BCUT2D eigenvalue weighted by atomic mass is 32.2. The van der Waals surface area contributed by atoms with E-state index in [1.165, 1.54) is 6.20 Å². The Morgan fingerprint density at radius 2 is 1.69 bits per heavy atom. The number of fused-ring (bicyclic) bond motifs is 1. The van der Waals surface area contributed by atoms with E-state index in [4.69, 9.17) is 9.26 Å². The van der Waals surface area contributed by atoms with E-state index in [0.29, 0.717) is 60.9 Å². The van der Waals surface area contributed by atoms with Crippen molar-refractivity contribution < 1.29 is 45.2 Å². The van der Waals surface area contributed by atoms with Gasteiger partial charge in [-0.1, -0.05) is 57.2 Å². The number of aryl methyl sites for hydroxylation is 1. The summed E-state index contributed by atoms with van der Waals surface area (Å²) in [6.07, 6.45) is 2.13. The zero-order valence-corrected chi connectivity index (χ0v) is 44.6. The maximum absolute atomic E-state index is 15.8. The molecule has 3 N–H and O–H groups in total. The van der Waals surface area contributed by atoms with Crippen LogP contribution in [0.2, 0.25) is 0 Å². The van der Waals surface area contributed by atoms with Gasteiger partial charge in [0.15, 0.2) is 11.6 Å². The molecule has 3 fully saturated rings. The van der Waals surface area contributed by atoms with Crippen LogP contribution < -0.4 is 19.7 Å². The number of rotatable bonds is 18. The van der Waals surface area contributed by atoms with Crippen molar-refractivity contribution in [2.45, 2.75) is 65.2 Å². The molecule has 3 aliphatic rings. The van der Waals surface area contributed by atoms with Crippen LogP contribution in [-0.2, 0) is 26.3 Å². The first-order valence-electron chi connectivity index (χ1n) is 25.7. The van der Waals surface area contributed by atoms with E-state index >= 15 is 8.78 Å². The number of piperazine rings is 1. The molecule has 0 unspecified atom stereocenters. The van der Waals surface area contributed by atoms with Gasteiger partial charge in [-0.25, -0.2) is 23.1 Å². The number of carbonyl (C=O) groups is 3. The largest absolute Gasteiger partial charge is 0.474 e. The lowest BCUT2D eigenvalue weighted by Gasteiger charge is -2.36. The van der Waals surface area contributed by atoms with E-state index in [1.807, 2.05) is 79.5 Å². The fraction of sp³-hybridized carbons (Fsp3) is 0.382. The van der Waals surface area contributed by atoms with Crippen molar-refractivity contribution in [1.82, 2.24) is 39.5 Å². The van der Waals surface area contributed by atoms with E-state index in [1.54, 1.807) is 34.6 Å². The lowest BCUT2D eigenvalue weighted by Crippen LogP contribution is -2.47. The lowest BCUT2D eigenvalue weighted by molar-refractivity contribution is -0.140. The summed E-state index contributed by atoms with van der Waals surface area (Å²) in [7, 11) is -4.37. The van der Waals surface area contributed by atoms with E-state index in [9.17, 15) is 27.2 Å². The van der Waals surface area contributed by atoms with Crippen molar-refractivity contribution in [1.29, 1.82) is 0 Å². The summed E-state index contributed by atoms with van der Waals surface area (Å²) in [5.41, 5.74) is 5.97. The first-order valence-corrected chi connectivity index (χ1v) is 28.0. The average molecular weight is 1090 g/mol. The highest BCUT2D eigenvalue weighted by molar-refractivity contribution is 7.90. The number of likely N-dealkylation sites (tertiary alicyclic amines) is 1.